The third-order valence-electron chi connectivity index (χ3n) is 6.33. The van der Waals surface area contributed by atoms with Gasteiger partial charge < -0.3 is 25.0 Å². The van der Waals surface area contributed by atoms with E-state index in [1.807, 2.05) is 6.07 Å². The van der Waals surface area contributed by atoms with Gasteiger partial charge in [-0.05, 0) is 53.6 Å². The lowest BCUT2D eigenvalue weighted by Gasteiger charge is -2.26. The molecule has 3 N–H and O–H groups in total. The Balaban J connectivity index is 1.77. The van der Waals surface area contributed by atoms with E-state index < -0.39 is 64.4 Å². The third-order valence-corrected chi connectivity index (χ3v) is 6.33. The van der Waals surface area contributed by atoms with E-state index in [2.05, 4.69) is 0 Å². The van der Waals surface area contributed by atoms with E-state index in [0.29, 0.717) is 29.2 Å². The predicted molar refractivity (Wildman–Crippen MR) is 145 cm³/mol. The third kappa shape index (κ3) is 7.17. The molecule has 4 rings (SSSR count). The monoisotopic (exact) mass is 593 g/mol. The Morgan fingerprint density at radius 1 is 0.628 bits per heavy atom. The van der Waals surface area contributed by atoms with Crippen LogP contribution < -0.4 is 4.74 Å². The van der Waals surface area contributed by atoms with E-state index in [1.165, 1.54) is 12.1 Å². The van der Waals surface area contributed by atoms with E-state index >= 15 is 0 Å². The molecule has 12 heteroatoms. The summed E-state index contributed by atoms with van der Waals surface area (Å²) in [5, 5.41) is 28.7. The van der Waals surface area contributed by atoms with Crippen LogP contribution in [0.1, 0.15) is 58.1 Å². The van der Waals surface area contributed by atoms with Crippen LogP contribution in [0.5, 0.6) is 11.5 Å². The Labute approximate surface area is 242 Å². The molecule has 0 atom stereocenters. The van der Waals surface area contributed by atoms with E-state index in [0.717, 1.165) is 17.0 Å². The van der Waals surface area contributed by atoms with Crippen molar-refractivity contribution >= 4 is 23.8 Å². The number of hydrogen-bond donors (Lipinski definition) is 3. The number of carboxylic acids is 3. The summed E-state index contributed by atoms with van der Waals surface area (Å²) in [5.41, 5.74) is -4.16. The van der Waals surface area contributed by atoms with Gasteiger partial charge in [0.05, 0.1) is 27.8 Å². The predicted octanol–water partition coefficient (Wildman–Crippen LogP) is 6.43. The molecule has 4 aromatic carbocycles. The van der Waals surface area contributed by atoms with Crippen LogP contribution in [-0.2, 0) is 19.3 Å². The molecular weight excluding hydrogens is 571 g/mol. The zero-order valence-electron chi connectivity index (χ0n) is 22.0. The first-order valence-corrected chi connectivity index (χ1v) is 12.5. The van der Waals surface area contributed by atoms with Crippen molar-refractivity contribution in [2.75, 3.05) is 0 Å². The van der Waals surface area contributed by atoms with Crippen molar-refractivity contribution in [1.82, 2.24) is 4.90 Å². The van der Waals surface area contributed by atoms with Gasteiger partial charge in [-0.1, -0.05) is 48.5 Å². The van der Waals surface area contributed by atoms with E-state index in [9.17, 15) is 47.7 Å². The molecule has 0 spiro atoms. The fourth-order valence-corrected chi connectivity index (χ4v) is 4.33. The van der Waals surface area contributed by atoms with Gasteiger partial charge in [-0.25, -0.2) is 14.4 Å². The number of carbonyl (C=O) groups is 4. The van der Waals surface area contributed by atoms with Crippen molar-refractivity contribution in [2.45, 2.75) is 19.3 Å². The van der Waals surface area contributed by atoms with Crippen LogP contribution in [-0.4, -0.2) is 44.0 Å². The minimum atomic E-state index is -4.77. The second-order valence-corrected chi connectivity index (χ2v) is 9.23. The molecule has 0 aliphatic carbocycles. The molecule has 0 bridgehead atoms. The van der Waals surface area contributed by atoms with Gasteiger partial charge in [-0.3, -0.25) is 4.79 Å². The van der Waals surface area contributed by atoms with Gasteiger partial charge in [0.2, 0.25) is 0 Å². The molecule has 0 saturated heterocycles. The molecule has 220 valence electrons. The minimum Gasteiger partial charge on any atom is -0.478 e. The Hall–Kier alpha value is -5.65. The molecule has 0 aliphatic rings. The van der Waals surface area contributed by atoms with Crippen LogP contribution in [0.25, 0.3) is 0 Å². The van der Waals surface area contributed by atoms with Crippen LogP contribution in [0.4, 0.5) is 13.2 Å². The second kappa shape index (κ2) is 12.5. The number of halogens is 3. The summed E-state index contributed by atoms with van der Waals surface area (Å²) in [6.07, 6.45) is -4.77. The van der Waals surface area contributed by atoms with Gasteiger partial charge >= 0.3 is 24.1 Å². The fourth-order valence-electron chi connectivity index (χ4n) is 4.33. The molecule has 0 heterocycles. The molecule has 0 aromatic heterocycles. The number of carboxylic acid groups (broad SMARTS) is 3. The van der Waals surface area contributed by atoms with Crippen LogP contribution in [0.3, 0.4) is 0 Å². The standard InChI is InChI=1S/C31H22F3NO8/c32-31(33,34)26-9-5-4-6-19(26)17-35(16-18-10-12-21(13-11-18)43-20-7-2-1-3-8-20)27(36)22-14-24(29(39)40)25(30(41)42)15-23(22)28(37)38/h1-15H,16-17H2,(H,37,38)(H,39,40)(H,41,42). The molecular formula is C31H22F3NO8. The summed E-state index contributed by atoms with van der Waals surface area (Å²) >= 11 is 0. The van der Waals surface area contributed by atoms with Crippen molar-refractivity contribution < 1.29 is 52.4 Å². The first-order valence-electron chi connectivity index (χ1n) is 12.5. The van der Waals surface area contributed by atoms with Crippen molar-refractivity contribution in [1.29, 1.82) is 0 Å². The van der Waals surface area contributed by atoms with Crippen LogP contribution in [0.2, 0.25) is 0 Å². The number of aromatic carboxylic acids is 3. The number of para-hydroxylation sites is 1. The lowest BCUT2D eigenvalue weighted by atomic mass is 9.96. The van der Waals surface area contributed by atoms with Crippen LogP contribution >= 0.6 is 0 Å². The zero-order chi connectivity index (χ0) is 31.3. The topological polar surface area (TPSA) is 141 Å². The van der Waals surface area contributed by atoms with E-state index in [4.69, 9.17) is 4.74 Å². The van der Waals surface area contributed by atoms with Crippen molar-refractivity contribution in [3.05, 3.63) is 130 Å². The molecule has 0 saturated carbocycles. The highest BCUT2D eigenvalue weighted by Gasteiger charge is 2.34. The number of benzene rings is 4. The summed E-state index contributed by atoms with van der Waals surface area (Å²) in [5.74, 6) is -5.37. The molecule has 43 heavy (non-hydrogen) atoms. The first-order chi connectivity index (χ1) is 20.3. The van der Waals surface area contributed by atoms with Crippen LogP contribution in [0.15, 0.2) is 91.0 Å². The average Bonchev–Trinajstić information content (AvgIpc) is 2.96. The summed E-state index contributed by atoms with van der Waals surface area (Å²) in [6.45, 7) is -0.961. The smallest absolute Gasteiger partial charge is 0.416 e. The summed E-state index contributed by atoms with van der Waals surface area (Å²) in [7, 11) is 0. The number of ether oxygens (including phenoxy) is 1. The Morgan fingerprint density at radius 2 is 1.12 bits per heavy atom. The quantitative estimate of drug-likeness (QED) is 0.191. The molecule has 0 unspecified atom stereocenters. The Morgan fingerprint density at radius 3 is 1.67 bits per heavy atom. The lowest BCUT2D eigenvalue weighted by molar-refractivity contribution is -0.138. The van der Waals surface area contributed by atoms with E-state index in [-0.39, 0.29) is 12.1 Å². The number of hydrogen-bond acceptors (Lipinski definition) is 5. The van der Waals surface area contributed by atoms with Gasteiger partial charge in [0.15, 0.2) is 0 Å². The maximum atomic E-state index is 13.8. The molecule has 0 aliphatic heterocycles. The maximum Gasteiger partial charge on any atom is 0.416 e. The number of amides is 1. The minimum absolute atomic E-state index is 0.301. The number of rotatable bonds is 10. The molecule has 4 aromatic rings. The largest absolute Gasteiger partial charge is 0.478 e. The molecule has 0 fully saturated rings. The summed E-state index contributed by atoms with van der Waals surface area (Å²) < 4.78 is 47.1. The van der Waals surface area contributed by atoms with Crippen molar-refractivity contribution in [2.24, 2.45) is 0 Å². The highest BCUT2D eigenvalue weighted by molar-refractivity contribution is 6.10. The zero-order valence-corrected chi connectivity index (χ0v) is 22.0. The fraction of sp³-hybridized carbons (Fsp3) is 0.0968. The van der Waals surface area contributed by atoms with E-state index in [1.54, 1.807) is 48.5 Å². The molecule has 1 amide bonds. The van der Waals surface area contributed by atoms with Gasteiger partial charge in [-0.15, -0.1) is 0 Å². The summed E-state index contributed by atoms with van der Waals surface area (Å²) in [4.78, 5) is 50.1. The SMILES string of the molecule is O=C(O)c1cc(C(=O)O)c(C(=O)N(Cc2ccc(Oc3ccccc3)cc2)Cc2ccccc2C(F)(F)F)cc1C(=O)O. The normalized spacial score (nSPS) is 11.0. The maximum absolute atomic E-state index is 13.8. The number of carbonyl (C=O) groups excluding carboxylic acids is 1. The first kappa shape index (κ1) is 30.3. The van der Waals surface area contributed by atoms with Gasteiger partial charge in [0.1, 0.15) is 11.5 Å². The average molecular weight is 594 g/mol. The van der Waals surface area contributed by atoms with Crippen LogP contribution in [0, 0.1) is 0 Å². The van der Waals surface area contributed by atoms with Gasteiger partial charge in [0.25, 0.3) is 5.91 Å². The number of nitrogens with zero attached hydrogens (tertiary/aromatic N) is 1. The summed E-state index contributed by atoms with van der Waals surface area (Å²) in [6, 6.07) is 20.7. The Kier molecular flexibility index (Phi) is 8.79. The molecule has 9 nitrogen and oxygen atoms in total. The lowest BCUT2D eigenvalue weighted by Crippen LogP contribution is -2.32. The number of alkyl halides is 3. The highest BCUT2D eigenvalue weighted by Crippen LogP contribution is 2.33. The van der Waals surface area contributed by atoms with Gasteiger partial charge in [0, 0.05) is 13.1 Å². The van der Waals surface area contributed by atoms with Crippen molar-refractivity contribution in [3.63, 3.8) is 0 Å². The highest BCUT2D eigenvalue weighted by atomic mass is 19.4. The molecule has 0 radical (unpaired) electrons. The van der Waals surface area contributed by atoms with Crippen molar-refractivity contribution in [3.8, 4) is 11.5 Å². The van der Waals surface area contributed by atoms with Gasteiger partial charge in [-0.2, -0.15) is 13.2 Å². The second-order valence-electron chi connectivity index (χ2n) is 9.23. The Bertz CT molecular complexity index is 1690.